The highest BCUT2D eigenvalue weighted by Gasteiger charge is 2.52. The first-order valence-electron chi connectivity index (χ1n) is 8.11. The van der Waals surface area contributed by atoms with Gasteiger partial charge in [0.1, 0.15) is 5.54 Å². The van der Waals surface area contributed by atoms with Crippen molar-refractivity contribution in [3.05, 3.63) is 35.9 Å². The Kier molecular flexibility index (Phi) is 6.62. The maximum atomic E-state index is 12.8. The molecule has 4 amide bonds. The Balaban J connectivity index is 1.98. The summed E-state index contributed by atoms with van der Waals surface area (Å²) < 4.78 is 4.51. The number of hydrogen-bond acceptors (Lipinski definition) is 6. The molecule has 26 heavy (non-hydrogen) atoms. The first-order valence-corrected chi connectivity index (χ1v) is 9.26. The van der Waals surface area contributed by atoms with Crippen molar-refractivity contribution in [3.8, 4) is 0 Å². The van der Waals surface area contributed by atoms with Crippen molar-refractivity contribution >= 4 is 35.6 Å². The van der Waals surface area contributed by atoms with Gasteiger partial charge in [0.2, 0.25) is 5.91 Å². The molecule has 8 nitrogen and oxygen atoms in total. The Morgan fingerprint density at radius 1 is 1.27 bits per heavy atom. The fraction of sp³-hybridized carbons (Fsp3) is 0.412. The predicted molar refractivity (Wildman–Crippen MR) is 95.9 cm³/mol. The molecule has 140 valence electrons. The molecule has 0 spiro atoms. The summed E-state index contributed by atoms with van der Waals surface area (Å²) >= 11 is 1.21. The first kappa shape index (κ1) is 19.8. The van der Waals surface area contributed by atoms with E-state index in [4.69, 9.17) is 0 Å². The SMILES string of the molecule is CC[C@@]1(c2ccccc2)NC(=O)N(NC(=O)CSCCC(=O)OC)C1=O. The van der Waals surface area contributed by atoms with Gasteiger partial charge >= 0.3 is 12.0 Å². The number of rotatable bonds is 8. The molecule has 0 radical (unpaired) electrons. The van der Waals surface area contributed by atoms with Crippen LogP contribution in [0.3, 0.4) is 0 Å². The highest BCUT2D eigenvalue weighted by molar-refractivity contribution is 7.99. The Bertz CT molecular complexity index is 697. The molecular weight excluding hydrogens is 358 g/mol. The number of hydrazine groups is 1. The number of carbonyl (C=O) groups excluding carboxylic acids is 4. The van der Waals surface area contributed by atoms with E-state index in [1.54, 1.807) is 31.2 Å². The van der Waals surface area contributed by atoms with Crippen molar-refractivity contribution in [3.63, 3.8) is 0 Å². The number of benzene rings is 1. The maximum Gasteiger partial charge on any atom is 0.344 e. The van der Waals surface area contributed by atoms with Crippen LogP contribution in [0.5, 0.6) is 0 Å². The van der Waals surface area contributed by atoms with Crippen LogP contribution < -0.4 is 10.7 Å². The van der Waals surface area contributed by atoms with Crippen LogP contribution in [-0.2, 0) is 24.7 Å². The van der Waals surface area contributed by atoms with Crippen LogP contribution in [0.1, 0.15) is 25.3 Å². The zero-order chi connectivity index (χ0) is 19.2. The molecule has 1 saturated heterocycles. The predicted octanol–water partition coefficient (Wildman–Crippen LogP) is 1.17. The third-order valence-corrected chi connectivity index (χ3v) is 5.00. The van der Waals surface area contributed by atoms with E-state index in [-0.39, 0.29) is 18.1 Å². The van der Waals surface area contributed by atoms with Crippen LogP contribution in [0.4, 0.5) is 4.79 Å². The number of amides is 4. The lowest BCUT2D eigenvalue weighted by atomic mass is 9.87. The number of urea groups is 1. The summed E-state index contributed by atoms with van der Waals surface area (Å²) in [6.45, 7) is 1.79. The highest BCUT2D eigenvalue weighted by atomic mass is 32.2. The molecule has 0 aromatic heterocycles. The van der Waals surface area contributed by atoms with Gasteiger partial charge in [-0.25, -0.2) is 4.79 Å². The lowest BCUT2D eigenvalue weighted by Crippen LogP contribution is -2.49. The number of ether oxygens (including phenoxy) is 1. The molecular formula is C17H21N3O5S. The number of nitrogens with one attached hydrogen (secondary N) is 2. The second-order valence-corrected chi connectivity index (χ2v) is 6.71. The molecule has 9 heteroatoms. The number of imide groups is 1. The summed E-state index contributed by atoms with van der Waals surface area (Å²) in [7, 11) is 1.30. The minimum atomic E-state index is -1.19. The number of methoxy groups -OCH3 is 1. The van der Waals surface area contributed by atoms with Gasteiger partial charge in [-0.05, 0) is 12.0 Å². The van der Waals surface area contributed by atoms with Crippen LogP contribution >= 0.6 is 11.8 Å². The van der Waals surface area contributed by atoms with Crippen LogP contribution in [0.2, 0.25) is 0 Å². The van der Waals surface area contributed by atoms with Crippen LogP contribution in [-0.4, -0.2) is 47.4 Å². The average Bonchev–Trinajstić information content (AvgIpc) is 2.90. The minimum Gasteiger partial charge on any atom is -0.469 e. The fourth-order valence-corrected chi connectivity index (χ4v) is 3.32. The topological polar surface area (TPSA) is 105 Å². The van der Waals surface area contributed by atoms with Gasteiger partial charge in [-0.15, -0.1) is 0 Å². The minimum absolute atomic E-state index is 0.0124. The van der Waals surface area contributed by atoms with Crippen molar-refractivity contribution in [2.45, 2.75) is 25.3 Å². The number of thioether (sulfide) groups is 1. The lowest BCUT2D eigenvalue weighted by Gasteiger charge is -2.25. The van der Waals surface area contributed by atoms with E-state index in [0.29, 0.717) is 17.7 Å². The van der Waals surface area contributed by atoms with Crippen LogP contribution in [0.15, 0.2) is 30.3 Å². The van der Waals surface area contributed by atoms with Crippen molar-refractivity contribution < 1.29 is 23.9 Å². The molecule has 0 saturated carbocycles. The molecule has 1 aliphatic heterocycles. The van der Waals surface area contributed by atoms with E-state index < -0.39 is 23.4 Å². The summed E-state index contributed by atoms with van der Waals surface area (Å²) in [5, 5.41) is 3.41. The third-order valence-electron chi connectivity index (χ3n) is 4.04. The maximum absolute atomic E-state index is 12.8. The summed E-state index contributed by atoms with van der Waals surface area (Å²) in [5.41, 5.74) is 1.80. The molecule has 2 N–H and O–H groups in total. The molecule has 2 rings (SSSR count). The highest BCUT2D eigenvalue weighted by Crippen LogP contribution is 2.31. The number of esters is 1. The largest absolute Gasteiger partial charge is 0.469 e. The monoisotopic (exact) mass is 379 g/mol. The lowest BCUT2D eigenvalue weighted by molar-refractivity contribution is -0.140. The Hall–Kier alpha value is -2.55. The van der Waals surface area contributed by atoms with Gasteiger partial charge in [0.05, 0.1) is 19.3 Å². The molecule has 1 fully saturated rings. The van der Waals surface area contributed by atoms with E-state index in [0.717, 1.165) is 5.01 Å². The van der Waals surface area contributed by atoms with Crippen LogP contribution in [0, 0.1) is 0 Å². The quantitative estimate of drug-likeness (QED) is 0.399. The third kappa shape index (κ3) is 4.16. The van der Waals surface area contributed by atoms with Crippen molar-refractivity contribution in [2.24, 2.45) is 0 Å². The van der Waals surface area contributed by atoms with Gasteiger partial charge in [0.15, 0.2) is 0 Å². The second kappa shape index (κ2) is 8.70. The summed E-state index contributed by atoms with van der Waals surface area (Å²) in [6, 6.07) is 8.23. The van der Waals surface area contributed by atoms with Gasteiger partial charge in [0.25, 0.3) is 5.91 Å². The standard InChI is InChI=1S/C17H21N3O5S/c1-3-17(12-7-5-4-6-8-12)15(23)20(16(24)18-17)19-13(21)11-26-10-9-14(22)25-2/h4-8H,3,9-11H2,1-2H3,(H,18,24)(H,19,21)/t17-/m0/s1. The van der Waals surface area contributed by atoms with E-state index in [2.05, 4.69) is 15.5 Å². The molecule has 0 bridgehead atoms. The van der Waals surface area contributed by atoms with E-state index in [1.165, 1.54) is 18.9 Å². The fourth-order valence-electron chi connectivity index (χ4n) is 2.62. The second-order valence-electron chi connectivity index (χ2n) is 5.61. The van der Waals surface area contributed by atoms with Crippen molar-refractivity contribution in [1.82, 2.24) is 15.8 Å². The van der Waals surface area contributed by atoms with E-state index in [1.807, 2.05) is 6.07 Å². The van der Waals surface area contributed by atoms with Crippen molar-refractivity contribution in [2.75, 3.05) is 18.6 Å². The average molecular weight is 379 g/mol. The zero-order valence-electron chi connectivity index (χ0n) is 14.6. The van der Waals surface area contributed by atoms with E-state index >= 15 is 0 Å². The van der Waals surface area contributed by atoms with Crippen molar-refractivity contribution in [1.29, 1.82) is 0 Å². The molecule has 1 atom stereocenters. The first-order chi connectivity index (χ1) is 12.4. The zero-order valence-corrected chi connectivity index (χ0v) is 15.4. The molecule has 1 heterocycles. The molecule has 1 aliphatic rings. The molecule has 1 aromatic carbocycles. The molecule has 1 aromatic rings. The van der Waals surface area contributed by atoms with Gasteiger partial charge in [-0.2, -0.15) is 16.8 Å². The number of carbonyl (C=O) groups is 4. The van der Waals surface area contributed by atoms with Gasteiger partial charge < -0.3 is 10.1 Å². The van der Waals surface area contributed by atoms with Gasteiger partial charge in [-0.1, -0.05) is 37.3 Å². The smallest absolute Gasteiger partial charge is 0.344 e. The number of hydrogen-bond donors (Lipinski definition) is 2. The van der Waals surface area contributed by atoms with Crippen LogP contribution in [0.25, 0.3) is 0 Å². The summed E-state index contributed by atoms with van der Waals surface area (Å²) in [5.74, 6) is -0.961. The Morgan fingerprint density at radius 2 is 1.96 bits per heavy atom. The number of nitrogens with zero attached hydrogens (tertiary/aromatic N) is 1. The van der Waals surface area contributed by atoms with Gasteiger partial charge in [-0.3, -0.25) is 19.8 Å². The molecule has 0 aliphatic carbocycles. The van der Waals surface area contributed by atoms with E-state index in [9.17, 15) is 19.2 Å². The van der Waals surface area contributed by atoms with Gasteiger partial charge in [0, 0.05) is 5.75 Å². The normalized spacial score (nSPS) is 19.2. The molecule has 0 unspecified atom stereocenters. The summed E-state index contributed by atoms with van der Waals surface area (Å²) in [6.07, 6.45) is 0.534. The summed E-state index contributed by atoms with van der Waals surface area (Å²) in [4.78, 5) is 48.1. The Labute approximate surface area is 155 Å². The Morgan fingerprint density at radius 3 is 2.58 bits per heavy atom.